The summed E-state index contributed by atoms with van der Waals surface area (Å²) >= 11 is 0. The lowest BCUT2D eigenvalue weighted by molar-refractivity contribution is 0.355. The number of H-pyrrole nitrogens is 1. The number of hydrogen-bond donors (Lipinski definition) is 1. The molecule has 2 aromatic rings. The Balaban J connectivity index is 2.58. The van der Waals surface area contributed by atoms with Gasteiger partial charge >= 0.3 is 0 Å². The van der Waals surface area contributed by atoms with E-state index in [-0.39, 0.29) is 5.56 Å². The van der Waals surface area contributed by atoms with Crippen LogP contribution < -0.4 is 15.0 Å². The monoisotopic (exact) mass is 260 g/mol. The highest BCUT2D eigenvalue weighted by molar-refractivity contribution is 5.78. The van der Waals surface area contributed by atoms with Gasteiger partial charge in [-0.25, -0.2) is 4.98 Å². The van der Waals surface area contributed by atoms with Gasteiger partial charge in [0, 0.05) is 12.1 Å². The number of ether oxygens (including phenoxy) is 2. The maximum atomic E-state index is 11.9. The van der Waals surface area contributed by atoms with Crippen LogP contribution in [0, 0.1) is 0 Å². The molecule has 1 heterocycles. The third kappa shape index (κ3) is 2.59. The first-order valence-corrected chi connectivity index (χ1v) is 5.95. The summed E-state index contributed by atoms with van der Waals surface area (Å²) in [5.41, 5.74) is 1.63. The fraction of sp³-hybridized carbons (Fsp3) is 0.286. The van der Waals surface area contributed by atoms with Crippen molar-refractivity contribution in [1.29, 1.82) is 0 Å². The zero-order valence-electron chi connectivity index (χ0n) is 11.0. The Hall–Kier alpha value is -2.30. The van der Waals surface area contributed by atoms with Crippen LogP contribution in [0.1, 0.15) is 12.1 Å². The van der Waals surface area contributed by atoms with Gasteiger partial charge in [0.1, 0.15) is 5.69 Å². The summed E-state index contributed by atoms with van der Waals surface area (Å²) in [6, 6.07) is 3.46. The van der Waals surface area contributed by atoms with E-state index in [4.69, 9.17) is 9.47 Å². The fourth-order valence-corrected chi connectivity index (χ4v) is 1.86. The maximum Gasteiger partial charge on any atom is 0.270 e. The number of benzene rings is 1. The normalized spacial score (nSPS) is 10.4. The number of nitrogens with zero attached hydrogens (tertiary/aromatic N) is 1. The average molecular weight is 260 g/mol. The minimum atomic E-state index is -0.179. The molecule has 0 fully saturated rings. The topological polar surface area (TPSA) is 64.2 Å². The Bertz CT molecular complexity index is 662. The molecule has 0 amide bonds. The standard InChI is InChI=1S/C14H16N2O3/c1-4-5-6-9-14(17)16-11-8-13(19-3)12(18-2)7-10(11)15-9/h4,7-8H,1,5-6H2,2-3H3,(H,16,17). The molecular formula is C14H16N2O3. The molecule has 0 saturated heterocycles. The summed E-state index contributed by atoms with van der Waals surface area (Å²) in [7, 11) is 3.11. The van der Waals surface area contributed by atoms with Gasteiger partial charge < -0.3 is 14.5 Å². The van der Waals surface area contributed by atoms with Gasteiger partial charge in [0.25, 0.3) is 5.56 Å². The molecule has 0 unspecified atom stereocenters. The first-order valence-electron chi connectivity index (χ1n) is 5.95. The van der Waals surface area contributed by atoms with Gasteiger partial charge in [-0.1, -0.05) is 6.08 Å². The Morgan fingerprint density at radius 3 is 2.63 bits per heavy atom. The second kappa shape index (κ2) is 5.56. The van der Waals surface area contributed by atoms with Crippen molar-refractivity contribution in [3.8, 4) is 11.5 Å². The van der Waals surface area contributed by atoms with E-state index >= 15 is 0 Å². The SMILES string of the molecule is C=CCCc1nc2cc(OC)c(OC)cc2[nH]c1=O. The summed E-state index contributed by atoms with van der Waals surface area (Å²) in [5, 5.41) is 0. The van der Waals surface area contributed by atoms with E-state index in [2.05, 4.69) is 16.5 Å². The quantitative estimate of drug-likeness (QED) is 0.836. The highest BCUT2D eigenvalue weighted by atomic mass is 16.5. The molecule has 0 saturated carbocycles. The van der Waals surface area contributed by atoms with E-state index in [1.54, 1.807) is 32.4 Å². The smallest absolute Gasteiger partial charge is 0.270 e. The number of aromatic nitrogens is 2. The van der Waals surface area contributed by atoms with Gasteiger partial charge in [-0.2, -0.15) is 0 Å². The predicted molar refractivity (Wildman–Crippen MR) is 74.0 cm³/mol. The molecule has 0 aliphatic heterocycles. The second-order valence-electron chi connectivity index (χ2n) is 4.06. The van der Waals surface area contributed by atoms with Gasteiger partial charge in [-0.15, -0.1) is 6.58 Å². The summed E-state index contributed by atoms with van der Waals surface area (Å²) in [4.78, 5) is 19.0. The Kier molecular flexibility index (Phi) is 3.85. The molecule has 0 spiro atoms. The van der Waals surface area contributed by atoms with Gasteiger partial charge in [-0.05, 0) is 12.8 Å². The van der Waals surface area contributed by atoms with E-state index in [0.717, 1.165) is 6.42 Å². The van der Waals surface area contributed by atoms with Gasteiger partial charge in [0.2, 0.25) is 0 Å². The minimum absolute atomic E-state index is 0.179. The number of nitrogens with one attached hydrogen (secondary N) is 1. The van der Waals surface area contributed by atoms with E-state index < -0.39 is 0 Å². The summed E-state index contributed by atoms with van der Waals surface area (Å²) in [6.45, 7) is 3.64. The van der Waals surface area contributed by atoms with Crippen molar-refractivity contribution in [3.63, 3.8) is 0 Å². The predicted octanol–water partition coefficient (Wildman–Crippen LogP) is 2.06. The van der Waals surface area contributed by atoms with Gasteiger partial charge in [0.15, 0.2) is 11.5 Å². The summed E-state index contributed by atoms with van der Waals surface area (Å²) < 4.78 is 10.4. The zero-order valence-corrected chi connectivity index (χ0v) is 11.0. The van der Waals surface area contributed by atoms with Crippen LogP contribution in [0.25, 0.3) is 11.0 Å². The van der Waals surface area contributed by atoms with Crippen LogP contribution in [-0.2, 0) is 6.42 Å². The van der Waals surface area contributed by atoms with E-state index in [1.807, 2.05) is 0 Å². The van der Waals surface area contributed by atoms with Crippen molar-refractivity contribution < 1.29 is 9.47 Å². The van der Waals surface area contributed by atoms with E-state index in [9.17, 15) is 4.79 Å². The van der Waals surface area contributed by atoms with Gasteiger partial charge in [0.05, 0.1) is 25.3 Å². The maximum absolute atomic E-state index is 11.9. The molecule has 2 rings (SSSR count). The van der Waals surface area contributed by atoms with Crippen LogP contribution in [0.3, 0.4) is 0 Å². The molecule has 19 heavy (non-hydrogen) atoms. The number of methoxy groups -OCH3 is 2. The highest BCUT2D eigenvalue weighted by Gasteiger charge is 2.10. The van der Waals surface area contributed by atoms with Crippen LogP contribution >= 0.6 is 0 Å². The van der Waals surface area contributed by atoms with Crippen molar-refractivity contribution in [2.24, 2.45) is 0 Å². The minimum Gasteiger partial charge on any atom is -0.493 e. The van der Waals surface area contributed by atoms with Crippen LogP contribution in [0.2, 0.25) is 0 Å². The third-order valence-corrected chi connectivity index (χ3v) is 2.85. The first kappa shape index (κ1) is 13.1. The fourth-order valence-electron chi connectivity index (χ4n) is 1.86. The number of rotatable bonds is 5. The van der Waals surface area contributed by atoms with Crippen LogP contribution in [0.5, 0.6) is 11.5 Å². The summed E-state index contributed by atoms with van der Waals surface area (Å²) in [6.07, 6.45) is 3.05. The van der Waals surface area contributed by atoms with Crippen LogP contribution in [-0.4, -0.2) is 24.2 Å². The molecule has 5 nitrogen and oxygen atoms in total. The van der Waals surface area contributed by atoms with Crippen molar-refractivity contribution in [3.05, 3.63) is 40.8 Å². The van der Waals surface area contributed by atoms with E-state index in [1.165, 1.54) is 0 Å². The largest absolute Gasteiger partial charge is 0.493 e. The molecule has 0 atom stereocenters. The van der Waals surface area contributed by atoms with Crippen molar-refractivity contribution in [1.82, 2.24) is 9.97 Å². The van der Waals surface area contributed by atoms with Crippen LogP contribution in [0.4, 0.5) is 0 Å². The molecule has 0 radical (unpaired) electrons. The second-order valence-corrected chi connectivity index (χ2v) is 4.06. The summed E-state index contributed by atoms with van der Waals surface area (Å²) in [5.74, 6) is 1.15. The molecule has 1 aromatic heterocycles. The molecule has 0 bridgehead atoms. The molecule has 1 N–H and O–H groups in total. The lowest BCUT2D eigenvalue weighted by Crippen LogP contribution is -2.15. The van der Waals surface area contributed by atoms with Gasteiger partial charge in [-0.3, -0.25) is 4.79 Å². The van der Waals surface area contributed by atoms with Crippen molar-refractivity contribution in [2.45, 2.75) is 12.8 Å². The Morgan fingerprint density at radius 2 is 2.00 bits per heavy atom. The number of aryl methyl sites for hydroxylation is 1. The Labute approximate surface area is 110 Å². The first-order chi connectivity index (χ1) is 9.19. The molecular weight excluding hydrogens is 244 g/mol. The number of aromatic amines is 1. The number of fused-ring (bicyclic) bond motifs is 1. The van der Waals surface area contributed by atoms with Crippen molar-refractivity contribution >= 4 is 11.0 Å². The van der Waals surface area contributed by atoms with E-state index in [0.29, 0.717) is 34.6 Å². The zero-order chi connectivity index (χ0) is 13.8. The Morgan fingerprint density at radius 1 is 1.32 bits per heavy atom. The number of hydrogen-bond acceptors (Lipinski definition) is 4. The average Bonchev–Trinajstić information content (AvgIpc) is 2.43. The molecule has 5 heteroatoms. The molecule has 0 aliphatic carbocycles. The lowest BCUT2D eigenvalue weighted by atomic mass is 10.2. The lowest BCUT2D eigenvalue weighted by Gasteiger charge is -2.09. The van der Waals surface area contributed by atoms with Crippen LogP contribution in [0.15, 0.2) is 29.6 Å². The highest BCUT2D eigenvalue weighted by Crippen LogP contribution is 2.30. The van der Waals surface area contributed by atoms with Crippen molar-refractivity contribution in [2.75, 3.05) is 14.2 Å². The number of allylic oxidation sites excluding steroid dienone is 1. The molecule has 0 aliphatic rings. The molecule has 1 aromatic carbocycles. The molecule has 100 valence electrons. The third-order valence-electron chi connectivity index (χ3n) is 2.85.